The van der Waals surface area contributed by atoms with Gasteiger partial charge in [0.1, 0.15) is 5.82 Å². The molecule has 0 radical (unpaired) electrons. The summed E-state index contributed by atoms with van der Waals surface area (Å²) in [6.07, 6.45) is 0.795. The molecule has 0 saturated carbocycles. The molecule has 0 saturated heterocycles. The molecule has 4 heteroatoms. The molecule has 0 bridgehead atoms. The second-order valence-electron chi connectivity index (χ2n) is 4.38. The fourth-order valence-corrected chi connectivity index (χ4v) is 1.61. The van der Waals surface area contributed by atoms with Gasteiger partial charge in [-0.2, -0.15) is 0 Å². The Balaban J connectivity index is 2.35. The Morgan fingerprint density at radius 1 is 1.41 bits per heavy atom. The Kier molecular flexibility index (Phi) is 5.10. The first kappa shape index (κ1) is 13.6. The zero-order valence-electron chi connectivity index (χ0n) is 10.2. The number of carbonyl (C=O) groups is 1. The van der Waals surface area contributed by atoms with Gasteiger partial charge < -0.3 is 10.0 Å². The molecule has 0 spiro atoms. The number of aliphatic carboxylic acids is 1. The molecule has 1 unspecified atom stereocenters. The van der Waals surface area contributed by atoms with Crippen LogP contribution in [-0.4, -0.2) is 36.1 Å². The largest absolute Gasteiger partial charge is 0.481 e. The van der Waals surface area contributed by atoms with E-state index in [0.717, 1.165) is 18.5 Å². The fourth-order valence-electron chi connectivity index (χ4n) is 1.61. The lowest BCUT2D eigenvalue weighted by Gasteiger charge is -2.18. The van der Waals surface area contributed by atoms with Crippen molar-refractivity contribution in [2.24, 2.45) is 5.92 Å². The maximum Gasteiger partial charge on any atom is 0.307 e. The number of halogens is 1. The minimum Gasteiger partial charge on any atom is -0.481 e. The highest BCUT2D eigenvalue weighted by Gasteiger charge is 2.13. The summed E-state index contributed by atoms with van der Waals surface area (Å²) in [5.41, 5.74) is 1.06. The van der Waals surface area contributed by atoms with Gasteiger partial charge in [0.25, 0.3) is 0 Å². The van der Waals surface area contributed by atoms with Crippen LogP contribution in [0.1, 0.15) is 12.5 Å². The minimum atomic E-state index is -0.779. The van der Waals surface area contributed by atoms with Crippen molar-refractivity contribution >= 4 is 5.97 Å². The summed E-state index contributed by atoms with van der Waals surface area (Å²) in [5, 5.41) is 8.78. The van der Waals surface area contributed by atoms with Crippen molar-refractivity contribution in [3.05, 3.63) is 35.6 Å². The van der Waals surface area contributed by atoms with Crippen LogP contribution in [0.4, 0.5) is 4.39 Å². The van der Waals surface area contributed by atoms with Crippen molar-refractivity contribution in [3.63, 3.8) is 0 Å². The molecular formula is C13H18FNO2. The van der Waals surface area contributed by atoms with E-state index in [1.165, 1.54) is 12.1 Å². The van der Waals surface area contributed by atoms with Crippen molar-refractivity contribution in [1.29, 1.82) is 0 Å². The van der Waals surface area contributed by atoms with Crippen LogP contribution in [0, 0.1) is 11.7 Å². The van der Waals surface area contributed by atoms with Crippen LogP contribution in [-0.2, 0) is 11.2 Å². The van der Waals surface area contributed by atoms with Crippen molar-refractivity contribution in [2.75, 3.05) is 20.1 Å². The second kappa shape index (κ2) is 6.35. The van der Waals surface area contributed by atoms with Gasteiger partial charge in [-0.05, 0) is 31.2 Å². The van der Waals surface area contributed by atoms with Gasteiger partial charge in [0, 0.05) is 13.1 Å². The number of hydrogen-bond acceptors (Lipinski definition) is 2. The highest BCUT2D eigenvalue weighted by molar-refractivity contribution is 5.69. The summed E-state index contributed by atoms with van der Waals surface area (Å²) >= 11 is 0. The van der Waals surface area contributed by atoms with E-state index in [1.54, 1.807) is 19.1 Å². The maximum absolute atomic E-state index is 12.7. The summed E-state index contributed by atoms with van der Waals surface area (Å²) < 4.78 is 12.7. The molecule has 1 rings (SSSR count). The van der Waals surface area contributed by atoms with Crippen LogP contribution in [0.15, 0.2) is 24.3 Å². The van der Waals surface area contributed by atoms with Crippen LogP contribution >= 0.6 is 0 Å². The first-order valence-corrected chi connectivity index (χ1v) is 5.65. The second-order valence-corrected chi connectivity index (χ2v) is 4.38. The Hall–Kier alpha value is -1.42. The van der Waals surface area contributed by atoms with E-state index in [9.17, 15) is 9.18 Å². The normalized spacial score (nSPS) is 12.7. The Bertz CT molecular complexity index is 364. The Morgan fingerprint density at radius 2 is 2.00 bits per heavy atom. The van der Waals surface area contributed by atoms with Crippen LogP contribution in [0.2, 0.25) is 0 Å². The van der Waals surface area contributed by atoms with Crippen LogP contribution < -0.4 is 0 Å². The SMILES string of the molecule is CC(CN(C)CCc1ccc(F)cc1)C(=O)O. The van der Waals surface area contributed by atoms with E-state index >= 15 is 0 Å². The van der Waals surface area contributed by atoms with Crippen LogP contribution in [0.25, 0.3) is 0 Å². The van der Waals surface area contributed by atoms with Crippen molar-refractivity contribution < 1.29 is 14.3 Å². The van der Waals surface area contributed by atoms with Gasteiger partial charge in [-0.25, -0.2) is 4.39 Å². The average molecular weight is 239 g/mol. The Labute approximate surface area is 101 Å². The monoisotopic (exact) mass is 239 g/mol. The summed E-state index contributed by atoms with van der Waals surface area (Å²) in [7, 11) is 1.89. The quantitative estimate of drug-likeness (QED) is 0.825. The van der Waals surface area contributed by atoms with Crippen molar-refractivity contribution in [3.8, 4) is 0 Å². The van der Waals surface area contributed by atoms with Crippen LogP contribution in [0.5, 0.6) is 0 Å². The molecule has 3 nitrogen and oxygen atoms in total. The lowest BCUT2D eigenvalue weighted by molar-refractivity contribution is -0.141. The number of carboxylic acid groups (broad SMARTS) is 1. The third-order valence-corrected chi connectivity index (χ3v) is 2.70. The fraction of sp³-hybridized carbons (Fsp3) is 0.462. The van der Waals surface area contributed by atoms with Crippen molar-refractivity contribution in [2.45, 2.75) is 13.3 Å². The zero-order valence-corrected chi connectivity index (χ0v) is 10.2. The van der Waals surface area contributed by atoms with E-state index in [-0.39, 0.29) is 11.7 Å². The van der Waals surface area contributed by atoms with Crippen LogP contribution in [0.3, 0.4) is 0 Å². The molecule has 0 aromatic heterocycles. The third-order valence-electron chi connectivity index (χ3n) is 2.70. The maximum atomic E-state index is 12.7. The van der Waals surface area contributed by atoms with Gasteiger partial charge in [-0.1, -0.05) is 19.1 Å². The predicted molar refractivity (Wildman–Crippen MR) is 64.4 cm³/mol. The number of hydrogen-bond donors (Lipinski definition) is 1. The number of likely N-dealkylation sites (N-methyl/N-ethyl adjacent to an activating group) is 1. The molecule has 1 N–H and O–H groups in total. The van der Waals surface area contributed by atoms with Gasteiger partial charge in [-0.3, -0.25) is 4.79 Å². The van der Waals surface area contributed by atoms with Gasteiger partial charge in [0.05, 0.1) is 5.92 Å². The summed E-state index contributed by atoms with van der Waals surface area (Å²) in [6, 6.07) is 6.39. The third kappa shape index (κ3) is 4.95. The number of carboxylic acids is 1. The van der Waals surface area contributed by atoms with E-state index in [4.69, 9.17) is 5.11 Å². The highest BCUT2D eigenvalue weighted by atomic mass is 19.1. The van der Waals surface area contributed by atoms with Gasteiger partial charge in [0.15, 0.2) is 0 Å². The molecule has 0 amide bonds. The smallest absolute Gasteiger partial charge is 0.307 e. The molecular weight excluding hydrogens is 221 g/mol. The molecule has 0 fully saturated rings. The Morgan fingerprint density at radius 3 is 2.53 bits per heavy atom. The summed E-state index contributed by atoms with van der Waals surface area (Å²) in [6.45, 7) is 2.98. The van der Waals surface area contributed by atoms with Gasteiger partial charge in [0.2, 0.25) is 0 Å². The molecule has 0 aliphatic heterocycles. The molecule has 0 aliphatic carbocycles. The molecule has 1 atom stereocenters. The molecule has 1 aromatic rings. The molecule has 17 heavy (non-hydrogen) atoms. The van der Waals surface area contributed by atoms with Gasteiger partial charge in [-0.15, -0.1) is 0 Å². The number of nitrogens with zero attached hydrogens (tertiary/aromatic N) is 1. The zero-order chi connectivity index (χ0) is 12.8. The topological polar surface area (TPSA) is 40.5 Å². The van der Waals surface area contributed by atoms with E-state index < -0.39 is 5.97 Å². The average Bonchev–Trinajstić information content (AvgIpc) is 2.28. The van der Waals surface area contributed by atoms with Gasteiger partial charge >= 0.3 is 5.97 Å². The van der Waals surface area contributed by atoms with E-state index in [0.29, 0.717) is 6.54 Å². The summed E-state index contributed by atoms with van der Waals surface area (Å²) in [4.78, 5) is 12.7. The van der Waals surface area contributed by atoms with E-state index in [1.807, 2.05) is 11.9 Å². The minimum absolute atomic E-state index is 0.235. The number of rotatable bonds is 6. The lowest BCUT2D eigenvalue weighted by Crippen LogP contribution is -2.30. The number of benzene rings is 1. The molecule has 94 valence electrons. The predicted octanol–water partition coefficient (Wildman–Crippen LogP) is 2.02. The first-order valence-electron chi connectivity index (χ1n) is 5.65. The lowest BCUT2D eigenvalue weighted by atomic mass is 10.1. The molecule has 0 aliphatic rings. The standard InChI is InChI=1S/C13H18FNO2/c1-10(13(16)17)9-15(2)8-7-11-3-5-12(14)6-4-11/h3-6,10H,7-9H2,1-2H3,(H,16,17). The van der Waals surface area contributed by atoms with Crippen molar-refractivity contribution in [1.82, 2.24) is 4.90 Å². The molecule has 0 heterocycles. The highest BCUT2D eigenvalue weighted by Crippen LogP contribution is 2.05. The molecule has 1 aromatic carbocycles. The first-order chi connectivity index (χ1) is 7.99. The summed E-state index contributed by atoms with van der Waals surface area (Å²) in [5.74, 6) is -1.38. The van der Waals surface area contributed by atoms with E-state index in [2.05, 4.69) is 0 Å².